The Kier molecular flexibility index (Phi) is 11.2. The van der Waals surface area contributed by atoms with Crippen LogP contribution in [0.25, 0.3) is 0 Å². The molecule has 3 rings (SSSR count). The van der Waals surface area contributed by atoms with Crippen molar-refractivity contribution in [3.63, 3.8) is 0 Å². The summed E-state index contributed by atoms with van der Waals surface area (Å²) in [7, 11) is 0. The minimum Gasteiger partial charge on any atom is -0.491 e. The third-order valence-corrected chi connectivity index (χ3v) is 6.38. The summed E-state index contributed by atoms with van der Waals surface area (Å²) in [6, 6.07) is 9.54. The van der Waals surface area contributed by atoms with Crippen molar-refractivity contribution >= 4 is 71.0 Å². The standard InChI is InChI=1S/C19H16Br3Cl2N3O.HNO3/c20-13-6-16(21)19(17(22)7-13)28-5-1-2-12(9-27-11-25-10-26-27)15-4-3-14(23)8-18(15)24;2-1(3)4/h3-4,6-8,10-12H,1-2,5,9H2;(H,2,3,4). The largest absolute Gasteiger partial charge is 0.491 e. The number of hydrogen-bond donors (Lipinski definition) is 1. The average Bonchev–Trinajstić information content (AvgIpc) is 3.18. The molecule has 3 aromatic rings. The Morgan fingerprint density at radius 2 is 1.84 bits per heavy atom. The first kappa shape index (κ1) is 26.8. The van der Waals surface area contributed by atoms with Gasteiger partial charge in [-0.2, -0.15) is 5.10 Å². The lowest BCUT2D eigenvalue weighted by atomic mass is 9.94. The van der Waals surface area contributed by atoms with E-state index in [2.05, 4.69) is 57.9 Å². The van der Waals surface area contributed by atoms with Crippen molar-refractivity contribution in [3.05, 3.63) is 82.1 Å². The van der Waals surface area contributed by atoms with Crippen LogP contribution in [0.15, 0.2) is 56.4 Å². The molecule has 0 fully saturated rings. The van der Waals surface area contributed by atoms with E-state index in [9.17, 15) is 0 Å². The van der Waals surface area contributed by atoms with Crippen molar-refractivity contribution in [3.8, 4) is 5.75 Å². The molecular formula is C19H17Br3Cl2N4O4. The topological polar surface area (TPSA) is 103 Å². The lowest BCUT2D eigenvalue weighted by Gasteiger charge is -2.19. The zero-order valence-electron chi connectivity index (χ0n) is 16.3. The summed E-state index contributed by atoms with van der Waals surface area (Å²) in [5.41, 5.74) is 1.05. The maximum Gasteiger partial charge on any atom is 0.291 e. The fourth-order valence-electron chi connectivity index (χ4n) is 2.90. The van der Waals surface area contributed by atoms with Gasteiger partial charge in [0.25, 0.3) is 5.09 Å². The third-order valence-electron chi connectivity index (χ3n) is 4.18. The van der Waals surface area contributed by atoms with Crippen molar-refractivity contribution in [2.24, 2.45) is 0 Å². The number of aromatic nitrogens is 3. The molecule has 8 nitrogen and oxygen atoms in total. The van der Waals surface area contributed by atoms with Crippen LogP contribution in [0.2, 0.25) is 10.0 Å². The number of benzene rings is 2. The van der Waals surface area contributed by atoms with E-state index >= 15 is 0 Å². The Bertz CT molecular complexity index is 1010. The van der Waals surface area contributed by atoms with E-state index in [1.54, 1.807) is 12.4 Å². The summed E-state index contributed by atoms with van der Waals surface area (Å²) in [6.45, 7) is 1.27. The van der Waals surface area contributed by atoms with Gasteiger partial charge in [0.05, 0.1) is 15.6 Å². The molecule has 1 aromatic heterocycles. The van der Waals surface area contributed by atoms with Gasteiger partial charge < -0.3 is 9.94 Å². The Hall–Kier alpha value is -1.40. The van der Waals surface area contributed by atoms with Crippen LogP contribution in [0.1, 0.15) is 24.3 Å². The van der Waals surface area contributed by atoms with Gasteiger partial charge in [0.1, 0.15) is 18.4 Å². The molecule has 1 heterocycles. The predicted molar refractivity (Wildman–Crippen MR) is 132 cm³/mol. The minimum absolute atomic E-state index is 0.173. The zero-order chi connectivity index (χ0) is 23.7. The fraction of sp³-hybridized carbons (Fsp3) is 0.263. The van der Waals surface area contributed by atoms with Crippen molar-refractivity contribution in [1.29, 1.82) is 0 Å². The smallest absolute Gasteiger partial charge is 0.291 e. The quantitative estimate of drug-likeness (QED) is 0.154. The SMILES string of the molecule is Clc1ccc(C(CCCOc2c(Br)cc(Br)cc2Br)Cn2cncn2)c(Cl)c1.O=[N+]([O-])O. The summed E-state index contributed by atoms with van der Waals surface area (Å²) >= 11 is 23.0. The summed E-state index contributed by atoms with van der Waals surface area (Å²) in [5.74, 6) is 0.965. The van der Waals surface area contributed by atoms with Gasteiger partial charge in [-0.05, 0) is 74.5 Å². The van der Waals surface area contributed by atoms with Gasteiger partial charge >= 0.3 is 0 Å². The molecule has 0 saturated heterocycles. The second kappa shape index (κ2) is 13.3. The second-order valence-electron chi connectivity index (χ2n) is 6.41. The molecule has 32 heavy (non-hydrogen) atoms. The maximum atomic E-state index is 8.36. The number of rotatable bonds is 8. The van der Waals surface area contributed by atoms with E-state index in [0.717, 1.165) is 37.6 Å². The maximum absolute atomic E-state index is 8.36. The van der Waals surface area contributed by atoms with Crippen LogP contribution in [0.3, 0.4) is 0 Å². The molecule has 172 valence electrons. The van der Waals surface area contributed by atoms with Crippen LogP contribution in [0.5, 0.6) is 5.75 Å². The van der Waals surface area contributed by atoms with E-state index in [-0.39, 0.29) is 5.92 Å². The lowest BCUT2D eigenvalue weighted by Crippen LogP contribution is -2.12. The van der Waals surface area contributed by atoms with Gasteiger partial charge in [-0.25, -0.2) is 4.98 Å². The Balaban J connectivity index is 0.000000837. The van der Waals surface area contributed by atoms with Crippen LogP contribution in [-0.4, -0.2) is 31.7 Å². The number of hydrogen-bond acceptors (Lipinski definition) is 5. The minimum atomic E-state index is -1.50. The third kappa shape index (κ3) is 8.86. The van der Waals surface area contributed by atoms with Crippen molar-refractivity contribution in [2.75, 3.05) is 6.61 Å². The van der Waals surface area contributed by atoms with E-state index in [1.165, 1.54) is 6.33 Å². The Labute approximate surface area is 219 Å². The summed E-state index contributed by atoms with van der Waals surface area (Å²) < 4.78 is 10.6. The van der Waals surface area contributed by atoms with E-state index in [0.29, 0.717) is 23.2 Å². The Morgan fingerprint density at radius 3 is 2.41 bits per heavy atom. The Morgan fingerprint density at radius 1 is 1.19 bits per heavy atom. The molecule has 0 aliphatic carbocycles. The van der Waals surface area contributed by atoms with Crippen LogP contribution < -0.4 is 4.74 Å². The van der Waals surface area contributed by atoms with E-state index < -0.39 is 5.09 Å². The molecule has 1 N–H and O–H groups in total. The van der Waals surface area contributed by atoms with Crippen molar-refractivity contribution in [2.45, 2.75) is 25.3 Å². The van der Waals surface area contributed by atoms with Gasteiger partial charge in [0, 0.05) is 27.0 Å². The summed E-state index contributed by atoms with van der Waals surface area (Å²) in [6.07, 6.45) is 4.98. The molecule has 2 aromatic carbocycles. The molecule has 0 aliphatic rings. The number of nitrogens with zero attached hydrogens (tertiary/aromatic N) is 4. The van der Waals surface area contributed by atoms with E-state index in [1.807, 2.05) is 28.9 Å². The van der Waals surface area contributed by atoms with Crippen molar-refractivity contribution < 1.29 is 15.0 Å². The van der Waals surface area contributed by atoms with E-state index in [4.69, 9.17) is 43.3 Å². The molecule has 1 atom stereocenters. The first-order valence-corrected chi connectivity index (χ1v) is 12.2. The first-order chi connectivity index (χ1) is 15.2. The van der Waals surface area contributed by atoms with Crippen LogP contribution >= 0.6 is 71.0 Å². The van der Waals surface area contributed by atoms with Crippen LogP contribution in [0, 0.1) is 10.1 Å². The summed E-state index contributed by atoms with van der Waals surface area (Å²) in [5, 5.41) is 19.2. The molecule has 0 aliphatic heterocycles. The number of ether oxygens (including phenoxy) is 1. The summed E-state index contributed by atoms with van der Waals surface area (Å²) in [4.78, 5) is 12.4. The second-order valence-corrected chi connectivity index (χ2v) is 9.88. The van der Waals surface area contributed by atoms with Gasteiger partial charge in [-0.1, -0.05) is 45.2 Å². The highest BCUT2D eigenvalue weighted by molar-refractivity contribution is 9.11. The highest BCUT2D eigenvalue weighted by atomic mass is 79.9. The van der Waals surface area contributed by atoms with Gasteiger partial charge in [-0.15, -0.1) is 10.1 Å². The highest BCUT2D eigenvalue weighted by Gasteiger charge is 2.17. The van der Waals surface area contributed by atoms with Crippen LogP contribution in [-0.2, 0) is 6.54 Å². The molecule has 0 amide bonds. The van der Waals surface area contributed by atoms with Gasteiger partial charge in [-0.3, -0.25) is 4.68 Å². The molecule has 0 radical (unpaired) electrons. The zero-order valence-corrected chi connectivity index (χ0v) is 22.6. The highest BCUT2D eigenvalue weighted by Crippen LogP contribution is 2.37. The normalized spacial score (nSPS) is 11.4. The molecule has 0 saturated carbocycles. The molecule has 0 spiro atoms. The monoisotopic (exact) mass is 672 g/mol. The molecule has 1 unspecified atom stereocenters. The molecule has 13 heteroatoms. The lowest BCUT2D eigenvalue weighted by molar-refractivity contribution is -0.742. The van der Waals surface area contributed by atoms with Crippen molar-refractivity contribution in [1.82, 2.24) is 14.8 Å². The van der Waals surface area contributed by atoms with Gasteiger partial charge in [0.2, 0.25) is 0 Å². The fourth-order valence-corrected chi connectivity index (χ4v) is 5.95. The number of halogens is 5. The molecular weight excluding hydrogens is 659 g/mol. The first-order valence-electron chi connectivity index (χ1n) is 9.05. The van der Waals surface area contributed by atoms with Crippen LogP contribution in [0.4, 0.5) is 0 Å². The molecule has 0 bridgehead atoms. The average molecular weight is 676 g/mol. The van der Waals surface area contributed by atoms with Gasteiger partial charge in [0.15, 0.2) is 0 Å². The predicted octanol–water partition coefficient (Wildman–Crippen LogP) is 7.17.